The molecule has 3 N–H and O–H groups in total. The van der Waals surface area contributed by atoms with Crippen molar-refractivity contribution in [2.75, 3.05) is 0 Å². The minimum Gasteiger partial charge on any atom is -0.474 e. The van der Waals surface area contributed by atoms with Gasteiger partial charge in [0, 0.05) is 10.4 Å². The lowest BCUT2D eigenvalue weighted by molar-refractivity contribution is 0.0934. The van der Waals surface area contributed by atoms with E-state index in [1.165, 1.54) is 10.4 Å². The lowest BCUT2D eigenvalue weighted by atomic mass is 9.78. The fourth-order valence-corrected chi connectivity index (χ4v) is 6.22. The second-order valence-electron chi connectivity index (χ2n) is 8.50. The molecule has 0 aromatic carbocycles. The number of nitrogens with zero attached hydrogens (tertiary/aromatic N) is 2. The fourth-order valence-electron chi connectivity index (χ4n) is 4.99. The number of aromatic nitrogens is 2. The normalized spacial score (nSPS) is 27.6. The number of hydrogen-bond donors (Lipinski definition) is 3. The van der Waals surface area contributed by atoms with E-state index in [9.17, 15) is 9.90 Å². The molecule has 2 aromatic rings. The van der Waals surface area contributed by atoms with Crippen LogP contribution in [0.2, 0.25) is 0 Å². The van der Waals surface area contributed by atoms with Crippen molar-refractivity contribution in [3.05, 3.63) is 16.8 Å². The number of rotatable bonds is 6. The minimum atomic E-state index is -0.957. The van der Waals surface area contributed by atoms with E-state index in [2.05, 4.69) is 15.3 Å². The summed E-state index contributed by atoms with van der Waals surface area (Å²) in [5.74, 6) is 0.969. The zero-order valence-electron chi connectivity index (χ0n) is 17.0. The Bertz CT molecular complexity index is 889. The average Bonchev–Trinajstić information content (AvgIpc) is 3.23. The van der Waals surface area contributed by atoms with E-state index in [4.69, 9.17) is 9.84 Å². The van der Waals surface area contributed by atoms with E-state index in [1.807, 2.05) is 13.8 Å². The van der Waals surface area contributed by atoms with Crippen molar-refractivity contribution in [2.24, 2.45) is 0 Å². The molecule has 2 aliphatic carbocycles. The number of aliphatic hydroxyl groups is 1. The first kappa shape index (κ1) is 20.3. The van der Waals surface area contributed by atoms with E-state index >= 15 is 0 Å². The molecule has 2 aliphatic rings. The second kappa shape index (κ2) is 8.07. The number of thiophene rings is 1. The van der Waals surface area contributed by atoms with Gasteiger partial charge in [0.2, 0.25) is 5.88 Å². The van der Waals surface area contributed by atoms with E-state index < -0.39 is 6.09 Å². The number of hydrogen-bond acceptors (Lipinski definition) is 6. The van der Waals surface area contributed by atoms with Crippen molar-refractivity contribution in [3.8, 4) is 5.88 Å². The average molecular weight is 420 g/mol. The molecular formula is C21H29N3O4S. The number of aryl methyl sites for hydroxylation is 1. The Kier molecular flexibility index (Phi) is 5.66. The predicted octanol–water partition coefficient (Wildman–Crippen LogP) is 4.23. The van der Waals surface area contributed by atoms with Crippen LogP contribution in [0.5, 0.6) is 5.88 Å². The molecule has 4 rings (SSSR count). The van der Waals surface area contributed by atoms with Gasteiger partial charge in [-0.25, -0.2) is 14.8 Å². The number of nitrogens with one attached hydrogen (secondary N) is 1. The molecular weight excluding hydrogens is 390 g/mol. The fraction of sp³-hybridized carbons (Fsp3) is 0.667. The van der Waals surface area contributed by atoms with Crippen molar-refractivity contribution in [1.29, 1.82) is 0 Å². The summed E-state index contributed by atoms with van der Waals surface area (Å²) in [7, 11) is 0. The Balaban J connectivity index is 1.55. The number of amides is 1. The summed E-state index contributed by atoms with van der Waals surface area (Å²) in [5.41, 5.74) is 0.923. The van der Waals surface area contributed by atoms with Gasteiger partial charge in [0.15, 0.2) is 0 Å². The van der Waals surface area contributed by atoms with Crippen molar-refractivity contribution in [1.82, 2.24) is 15.3 Å². The standard InChI is InChI=1S/C21H29N3O4S/c1-3-21(24-20(26)27)8-6-14(7-9-21)28-18-17-16-13(10-12(2)25)4-5-15(16)29-19(17)23-11-22-18/h11-14,24-25H,3-10H2,1-2H3,(H,26,27)/t12-,13-,14?,21?/m1/s1. The van der Waals surface area contributed by atoms with Gasteiger partial charge in [-0.05, 0) is 69.8 Å². The molecule has 1 fully saturated rings. The third-order valence-corrected chi connectivity index (χ3v) is 7.71. The van der Waals surface area contributed by atoms with Crippen LogP contribution in [-0.4, -0.2) is 44.0 Å². The topological polar surface area (TPSA) is 105 Å². The van der Waals surface area contributed by atoms with Gasteiger partial charge in [-0.15, -0.1) is 11.3 Å². The van der Waals surface area contributed by atoms with E-state index in [0.717, 1.165) is 61.6 Å². The summed E-state index contributed by atoms with van der Waals surface area (Å²) in [4.78, 5) is 22.4. The SMILES string of the molecule is CCC1(NC(=O)O)CCC(Oc2ncnc3sc4c(c23)[C@@H](C[C@@H](C)O)CC4)CC1. The zero-order valence-corrected chi connectivity index (χ0v) is 17.8. The first-order valence-electron chi connectivity index (χ1n) is 10.5. The Labute approximate surface area is 174 Å². The van der Waals surface area contributed by atoms with Gasteiger partial charge in [-0.2, -0.15) is 0 Å². The number of fused-ring (bicyclic) bond motifs is 3. The molecule has 0 radical (unpaired) electrons. The third kappa shape index (κ3) is 4.05. The molecule has 1 amide bonds. The van der Waals surface area contributed by atoms with Gasteiger partial charge in [0.25, 0.3) is 0 Å². The maximum absolute atomic E-state index is 11.2. The molecule has 0 unspecified atom stereocenters. The lowest BCUT2D eigenvalue weighted by Crippen LogP contribution is -2.51. The minimum absolute atomic E-state index is 0.0236. The van der Waals surface area contributed by atoms with Gasteiger partial charge in [0.1, 0.15) is 17.3 Å². The molecule has 7 nitrogen and oxygen atoms in total. The van der Waals surface area contributed by atoms with Gasteiger partial charge in [-0.1, -0.05) is 6.92 Å². The quantitative estimate of drug-likeness (QED) is 0.647. The Morgan fingerprint density at radius 2 is 2.14 bits per heavy atom. The third-order valence-electron chi connectivity index (χ3n) is 6.54. The van der Waals surface area contributed by atoms with Crippen molar-refractivity contribution >= 4 is 27.6 Å². The zero-order chi connectivity index (χ0) is 20.6. The monoisotopic (exact) mass is 419 g/mol. The number of ether oxygens (including phenoxy) is 1. The molecule has 158 valence electrons. The van der Waals surface area contributed by atoms with Gasteiger partial charge in [0.05, 0.1) is 11.5 Å². The smallest absolute Gasteiger partial charge is 0.405 e. The highest BCUT2D eigenvalue weighted by Crippen LogP contribution is 2.48. The van der Waals surface area contributed by atoms with Crippen LogP contribution in [0.15, 0.2) is 6.33 Å². The van der Waals surface area contributed by atoms with E-state index in [0.29, 0.717) is 11.8 Å². The summed E-state index contributed by atoms with van der Waals surface area (Å²) in [6.45, 7) is 3.87. The first-order chi connectivity index (χ1) is 13.9. The maximum atomic E-state index is 11.2. The predicted molar refractivity (Wildman–Crippen MR) is 112 cm³/mol. The van der Waals surface area contributed by atoms with E-state index in [1.54, 1.807) is 17.7 Å². The molecule has 2 atom stereocenters. The summed E-state index contributed by atoms with van der Waals surface area (Å²) < 4.78 is 6.37. The summed E-state index contributed by atoms with van der Waals surface area (Å²) in [6.07, 6.45) is 7.02. The van der Waals surface area contributed by atoms with Crippen molar-refractivity contribution in [2.45, 2.75) is 88.9 Å². The van der Waals surface area contributed by atoms with Crippen LogP contribution in [0.25, 0.3) is 10.2 Å². The molecule has 0 bridgehead atoms. The maximum Gasteiger partial charge on any atom is 0.405 e. The number of aliphatic hydroxyl groups excluding tert-OH is 1. The Hall–Kier alpha value is -1.93. The highest BCUT2D eigenvalue weighted by molar-refractivity contribution is 7.19. The van der Waals surface area contributed by atoms with Crippen LogP contribution in [-0.2, 0) is 6.42 Å². The molecule has 2 aromatic heterocycles. The van der Waals surface area contributed by atoms with E-state index in [-0.39, 0.29) is 17.7 Å². The van der Waals surface area contributed by atoms with Crippen molar-refractivity contribution < 1.29 is 19.7 Å². The molecule has 0 aliphatic heterocycles. The Morgan fingerprint density at radius 1 is 1.38 bits per heavy atom. The van der Waals surface area contributed by atoms with Crippen LogP contribution >= 0.6 is 11.3 Å². The molecule has 29 heavy (non-hydrogen) atoms. The molecule has 0 spiro atoms. The van der Waals surface area contributed by atoms with Gasteiger partial charge >= 0.3 is 6.09 Å². The van der Waals surface area contributed by atoms with Crippen LogP contribution in [0.1, 0.15) is 75.2 Å². The van der Waals surface area contributed by atoms with Crippen LogP contribution < -0.4 is 10.1 Å². The largest absolute Gasteiger partial charge is 0.474 e. The first-order valence-corrected chi connectivity index (χ1v) is 11.3. The van der Waals surface area contributed by atoms with Gasteiger partial charge < -0.3 is 20.3 Å². The van der Waals surface area contributed by atoms with Crippen LogP contribution in [0, 0.1) is 0 Å². The summed E-state index contributed by atoms with van der Waals surface area (Å²) in [5, 5.41) is 22.8. The van der Waals surface area contributed by atoms with Crippen molar-refractivity contribution in [3.63, 3.8) is 0 Å². The van der Waals surface area contributed by atoms with Gasteiger partial charge in [-0.3, -0.25) is 0 Å². The summed E-state index contributed by atoms with van der Waals surface area (Å²) >= 11 is 1.72. The molecule has 2 heterocycles. The van der Waals surface area contributed by atoms with Crippen LogP contribution in [0.4, 0.5) is 4.79 Å². The lowest BCUT2D eigenvalue weighted by Gasteiger charge is -2.39. The molecule has 8 heteroatoms. The second-order valence-corrected chi connectivity index (χ2v) is 9.58. The Morgan fingerprint density at radius 3 is 2.79 bits per heavy atom. The summed E-state index contributed by atoms with van der Waals surface area (Å²) in [6, 6.07) is 0. The molecule has 1 saturated carbocycles. The highest BCUT2D eigenvalue weighted by Gasteiger charge is 2.37. The number of carbonyl (C=O) groups is 1. The highest BCUT2D eigenvalue weighted by atomic mass is 32.1. The molecule has 0 saturated heterocycles. The number of carboxylic acid groups (broad SMARTS) is 1. The van der Waals surface area contributed by atoms with Crippen LogP contribution in [0.3, 0.4) is 0 Å².